The minimum Gasteiger partial charge on any atom is -0.493 e. The van der Waals surface area contributed by atoms with Gasteiger partial charge in [0.05, 0.1) is 36.4 Å². The van der Waals surface area contributed by atoms with Crippen molar-refractivity contribution in [1.29, 1.82) is 0 Å². The van der Waals surface area contributed by atoms with Gasteiger partial charge < -0.3 is 24.8 Å². The lowest BCUT2D eigenvalue weighted by molar-refractivity contribution is -0.139. The van der Waals surface area contributed by atoms with Crippen LogP contribution in [0.15, 0.2) is 27.9 Å². The van der Waals surface area contributed by atoms with Crippen LogP contribution in [0.3, 0.4) is 0 Å². The van der Waals surface area contributed by atoms with Crippen LogP contribution in [0.5, 0.6) is 11.5 Å². The van der Waals surface area contributed by atoms with Gasteiger partial charge in [0.1, 0.15) is 0 Å². The SMILES string of the molecule is CCCOC(=O)C1=C(C)NC(=O)NC1c1cc(Br)c(OCC)c(OC)c1. The Balaban J connectivity index is 2.49. The van der Waals surface area contributed by atoms with Crippen LogP contribution >= 0.6 is 15.9 Å². The summed E-state index contributed by atoms with van der Waals surface area (Å²) in [4.78, 5) is 24.5. The molecule has 26 heavy (non-hydrogen) atoms. The first-order valence-corrected chi connectivity index (χ1v) is 9.17. The molecule has 1 aliphatic heterocycles. The van der Waals surface area contributed by atoms with E-state index in [1.165, 1.54) is 7.11 Å². The number of carbonyl (C=O) groups excluding carboxylic acids is 2. The van der Waals surface area contributed by atoms with Crippen molar-refractivity contribution in [3.63, 3.8) is 0 Å². The molecule has 1 unspecified atom stereocenters. The molecule has 0 fully saturated rings. The molecular weight excluding hydrogens is 404 g/mol. The topological polar surface area (TPSA) is 85.9 Å². The zero-order valence-corrected chi connectivity index (χ0v) is 16.9. The summed E-state index contributed by atoms with van der Waals surface area (Å²) in [7, 11) is 1.53. The van der Waals surface area contributed by atoms with Gasteiger partial charge in [0, 0.05) is 5.70 Å². The fraction of sp³-hybridized carbons (Fsp3) is 0.444. The van der Waals surface area contributed by atoms with Crippen LogP contribution in [0.2, 0.25) is 0 Å². The number of nitrogens with one attached hydrogen (secondary N) is 2. The number of urea groups is 1. The number of allylic oxidation sites excluding steroid dienone is 1. The average molecular weight is 427 g/mol. The molecule has 1 aromatic carbocycles. The second-order valence-electron chi connectivity index (χ2n) is 5.67. The van der Waals surface area contributed by atoms with Gasteiger partial charge in [-0.15, -0.1) is 0 Å². The van der Waals surface area contributed by atoms with Crippen molar-refractivity contribution in [1.82, 2.24) is 10.6 Å². The number of carbonyl (C=O) groups is 2. The molecule has 0 bridgehead atoms. The Morgan fingerprint density at radius 1 is 1.31 bits per heavy atom. The highest BCUT2D eigenvalue weighted by molar-refractivity contribution is 9.10. The number of benzene rings is 1. The van der Waals surface area contributed by atoms with Gasteiger partial charge in [0.2, 0.25) is 0 Å². The van der Waals surface area contributed by atoms with Crippen molar-refractivity contribution in [3.05, 3.63) is 33.4 Å². The van der Waals surface area contributed by atoms with Gasteiger partial charge in [-0.05, 0) is 53.9 Å². The molecule has 0 radical (unpaired) electrons. The average Bonchev–Trinajstić information content (AvgIpc) is 2.60. The van der Waals surface area contributed by atoms with Crippen LogP contribution in [0.4, 0.5) is 4.79 Å². The van der Waals surface area contributed by atoms with Crippen molar-refractivity contribution in [2.75, 3.05) is 20.3 Å². The molecular formula is C18H23BrN2O5. The number of rotatable bonds is 7. The van der Waals surface area contributed by atoms with E-state index in [4.69, 9.17) is 14.2 Å². The number of hydrogen-bond acceptors (Lipinski definition) is 5. The first-order valence-electron chi connectivity index (χ1n) is 8.38. The number of methoxy groups -OCH3 is 1. The highest BCUT2D eigenvalue weighted by atomic mass is 79.9. The molecule has 1 aliphatic rings. The Morgan fingerprint density at radius 3 is 2.65 bits per heavy atom. The van der Waals surface area contributed by atoms with Crippen LogP contribution in [0.25, 0.3) is 0 Å². The van der Waals surface area contributed by atoms with Crippen LogP contribution in [0.1, 0.15) is 38.8 Å². The van der Waals surface area contributed by atoms with Crippen molar-refractivity contribution in [2.45, 2.75) is 33.2 Å². The van der Waals surface area contributed by atoms with E-state index in [2.05, 4.69) is 26.6 Å². The zero-order chi connectivity index (χ0) is 19.3. The molecule has 1 atom stereocenters. The predicted molar refractivity (Wildman–Crippen MR) is 100 cm³/mol. The van der Waals surface area contributed by atoms with Gasteiger partial charge in [0.25, 0.3) is 0 Å². The molecule has 2 amide bonds. The molecule has 0 saturated carbocycles. The third kappa shape index (κ3) is 4.30. The smallest absolute Gasteiger partial charge is 0.338 e. The van der Waals surface area contributed by atoms with Gasteiger partial charge in [-0.2, -0.15) is 0 Å². The van der Waals surface area contributed by atoms with Gasteiger partial charge in [-0.1, -0.05) is 6.92 Å². The molecule has 1 aromatic rings. The van der Waals surface area contributed by atoms with Gasteiger partial charge in [-0.3, -0.25) is 0 Å². The summed E-state index contributed by atoms with van der Waals surface area (Å²) in [5.41, 5.74) is 1.50. The Kier molecular flexibility index (Phi) is 6.90. The molecule has 7 nitrogen and oxygen atoms in total. The molecule has 2 N–H and O–H groups in total. The van der Waals surface area contributed by atoms with Gasteiger partial charge >= 0.3 is 12.0 Å². The lowest BCUT2D eigenvalue weighted by atomic mass is 9.95. The Labute approximate surface area is 161 Å². The maximum Gasteiger partial charge on any atom is 0.338 e. The van der Waals surface area contributed by atoms with Crippen LogP contribution < -0.4 is 20.1 Å². The molecule has 8 heteroatoms. The normalized spacial score (nSPS) is 16.7. The number of esters is 1. The van der Waals surface area contributed by atoms with Gasteiger partial charge in [-0.25, -0.2) is 9.59 Å². The van der Waals surface area contributed by atoms with E-state index < -0.39 is 12.0 Å². The summed E-state index contributed by atoms with van der Waals surface area (Å²) in [5.74, 6) is 0.601. The Hall–Kier alpha value is -2.22. The Morgan fingerprint density at radius 2 is 2.04 bits per heavy atom. The highest BCUT2D eigenvalue weighted by Gasteiger charge is 2.33. The van der Waals surface area contributed by atoms with Crippen molar-refractivity contribution in [2.24, 2.45) is 0 Å². The maximum absolute atomic E-state index is 12.5. The summed E-state index contributed by atoms with van der Waals surface area (Å²) in [5, 5.41) is 5.40. The summed E-state index contributed by atoms with van der Waals surface area (Å²) in [6.07, 6.45) is 0.713. The number of halogens is 1. The van der Waals surface area contributed by atoms with E-state index >= 15 is 0 Å². The summed E-state index contributed by atoms with van der Waals surface area (Å²) in [6.45, 7) is 6.26. The van der Waals surface area contributed by atoms with Crippen molar-refractivity contribution in [3.8, 4) is 11.5 Å². The fourth-order valence-electron chi connectivity index (χ4n) is 2.68. The fourth-order valence-corrected chi connectivity index (χ4v) is 3.25. The van der Waals surface area contributed by atoms with E-state index in [9.17, 15) is 9.59 Å². The monoisotopic (exact) mass is 426 g/mol. The first kappa shape index (κ1) is 20.1. The highest BCUT2D eigenvalue weighted by Crippen LogP contribution is 2.40. The van der Waals surface area contributed by atoms with Crippen LogP contribution in [0, 0.1) is 0 Å². The zero-order valence-electron chi connectivity index (χ0n) is 15.3. The summed E-state index contributed by atoms with van der Waals surface area (Å²) < 4.78 is 17.0. The summed E-state index contributed by atoms with van der Waals surface area (Å²) in [6, 6.07) is 2.49. The molecule has 1 heterocycles. The first-order chi connectivity index (χ1) is 12.4. The minimum atomic E-state index is -0.658. The van der Waals surface area contributed by atoms with E-state index in [-0.39, 0.29) is 6.03 Å². The predicted octanol–water partition coefficient (Wildman–Crippen LogP) is 3.44. The lowest BCUT2D eigenvalue weighted by Gasteiger charge is -2.28. The molecule has 0 spiro atoms. The molecule has 2 rings (SSSR count). The largest absolute Gasteiger partial charge is 0.493 e. The van der Waals surface area contributed by atoms with Gasteiger partial charge in [0.15, 0.2) is 11.5 Å². The quantitative estimate of drug-likeness (QED) is 0.652. The van der Waals surface area contributed by atoms with E-state index in [1.54, 1.807) is 19.1 Å². The molecule has 142 valence electrons. The molecule has 0 aliphatic carbocycles. The van der Waals surface area contributed by atoms with E-state index in [0.717, 1.165) is 0 Å². The standard InChI is InChI=1S/C18H23BrN2O5/c1-5-7-26-17(22)14-10(3)20-18(23)21-15(14)11-8-12(19)16(25-6-2)13(9-11)24-4/h8-9,15H,5-7H2,1-4H3,(H2,20,21,23). The maximum atomic E-state index is 12.5. The third-order valence-corrected chi connectivity index (χ3v) is 4.39. The third-order valence-electron chi connectivity index (χ3n) is 3.80. The van der Waals surface area contributed by atoms with Crippen molar-refractivity contribution >= 4 is 27.9 Å². The second kappa shape index (κ2) is 8.93. The Bertz CT molecular complexity index is 733. The second-order valence-corrected chi connectivity index (χ2v) is 6.53. The number of ether oxygens (including phenoxy) is 3. The van der Waals surface area contributed by atoms with Crippen LogP contribution in [-0.2, 0) is 9.53 Å². The minimum absolute atomic E-state index is 0.312. The lowest BCUT2D eigenvalue weighted by Crippen LogP contribution is -2.45. The van der Waals surface area contributed by atoms with E-state index in [1.807, 2.05) is 13.8 Å². The number of amides is 2. The molecule has 0 saturated heterocycles. The number of hydrogen-bond donors (Lipinski definition) is 2. The summed E-state index contributed by atoms with van der Waals surface area (Å²) >= 11 is 3.47. The van der Waals surface area contributed by atoms with Crippen molar-refractivity contribution < 1.29 is 23.8 Å². The van der Waals surface area contributed by atoms with E-state index in [0.29, 0.717) is 52.4 Å². The molecule has 0 aromatic heterocycles. The van der Waals surface area contributed by atoms with Crippen LogP contribution in [-0.4, -0.2) is 32.3 Å².